The van der Waals surface area contributed by atoms with Crippen LogP contribution in [0.15, 0.2) is 18.3 Å². The Morgan fingerprint density at radius 2 is 2.13 bits per heavy atom. The predicted molar refractivity (Wildman–Crippen MR) is 54.8 cm³/mol. The van der Waals surface area contributed by atoms with Crippen LogP contribution in [0.3, 0.4) is 0 Å². The van der Waals surface area contributed by atoms with Crippen LogP contribution in [0.1, 0.15) is 10.5 Å². The van der Waals surface area contributed by atoms with Crippen molar-refractivity contribution in [3.05, 3.63) is 24.0 Å². The predicted octanol–water partition coefficient (Wildman–Crippen LogP) is -0.779. The van der Waals surface area contributed by atoms with E-state index in [2.05, 4.69) is 4.98 Å². The summed E-state index contributed by atoms with van der Waals surface area (Å²) < 4.78 is 0. The van der Waals surface area contributed by atoms with Gasteiger partial charge in [-0.25, -0.2) is 4.98 Å². The molecule has 0 unspecified atom stereocenters. The Morgan fingerprint density at radius 1 is 1.47 bits per heavy atom. The molecule has 6 heteroatoms. The lowest BCUT2D eigenvalue weighted by atomic mass is 10.3. The first-order valence-electron chi connectivity index (χ1n) is 4.26. The zero-order chi connectivity index (χ0) is 11.4. The van der Waals surface area contributed by atoms with Crippen molar-refractivity contribution in [3.63, 3.8) is 0 Å². The fourth-order valence-electron chi connectivity index (χ4n) is 1.03. The largest absolute Gasteiger partial charge is 0.397 e. The molecule has 0 radical (unpaired) electrons. The van der Waals surface area contributed by atoms with E-state index in [4.69, 9.17) is 11.5 Å². The van der Waals surface area contributed by atoms with Gasteiger partial charge in [0.25, 0.3) is 5.91 Å². The summed E-state index contributed by atoms with van der Waals surface area (Å²) in [5.41, 5.74) is 11.1. The van der Waals surface area contributed by atoms with Gasteiger partial charge >= 0.3 is 0 Å². The SMILES string of the molecule is CN(CC(N)=O)C(=O)c1ccc(N)cn1. The molecule has 2 amide bonds. The van der Waals surface area contributed by atoms with E-state index in [1.165, 1.54) is 24.2 Å². The first kappa shape index (κ1) is 11.0. The second-order valence-corrected chi connectivity index (χ2v) is 3.10. The van der Waals surface area contributed by atoms with Crippen molar-refractivity contribution in [2.24, 2.45) is 5.73 Å². The Kier molecular flexibility index (Phi) is 3.22. The van der Waals surface area contributed by atoms with Gasteiger partial charge in [-0.2, -0.15) is 0 Å². The van der Waals surface area contributed by atoms with Gasteiger partial charge in [-0.1, -0.05) is 0 Å². The van der Waals surface area contributed by atoms with Crippen molar-refractivity contribution in [1.82, 2.24) is 9.88 Å². The molecule has 0 saturated carbocycles. The zero-order valence-electron chi connectivity index (χ0n) is 8.30. The van der Waals surface area contributed by atoms with Crippen LogP contribution >= 0.6 is 0 Å². The Bertz CT molecular complexity index is 374. The third kappa shape index (κ3) is 2.94. The third-order valence-electron chi connectivity index (χ3n) is 1.75. The highest BCUT2D eigenvalue weighted by Gasteiger charge is 2.14. The Morgan fingerprint density at radius 3 is 2.60 bits per heavy atom. The molecule has 15 heavy (non-hydrogen) atoms. The van der Waals surface area contributed by atoms with Gasteiger partial charge in [0.15, 0.2) is 0 Å². The van der Waals surface area contributed by atoms with Gasteiger partial charge in [-0.05, 0) is 12.1 Å². The van der Waals surface area contributed by atoms with E-state index in [0.29, 0.717) is 5.69 Å². The van der Waals surface area contributed by atoms with Crippen molar-refractivity contribution < 1.29 is 9.59 Å². The topological polar surface area (TPSA) is 102 Å². The van der Waals surface area contributed by atoms with Crippen LogP contribution < -0.4 is 11.5 Å². The number of anilines is 1. The van der Waals surface area contributed by atoms with E-state index in [1.807, 2.05) is 0 Å². The van der Waals surface area contributed by atoms with E-state index in [-0.39, 0.29) is 18.1 Å². The molecule has 1 aromatic heterocycles. The van der Waals surface area contributed by atoms with Crippen molar-refractivity contribution in [2.45, 2.75) is 0 Å². The molecule has 0 spiro atoms. The van der Waals surface area contributed by atoms with E-state index in [1.54, 1.807) is 6.07 Å². The van der Waals surface area contributed by atoms with Gasteiger partial charge in [-0.15, -0.1) is 0 Å². The van der Waals surface area contributed by atoms with Crippen LogP contribution in [0.25, 0.3) is 0 Å². The summed E-state index contributed by atoms with van der Waals surface area (Å²) in [5.74, 6) is -0.935. The van der Waals surface area contributed by atoms with Crippen LogP contribution in [0.4, 0.5) is 5.69 Å². The number of hydrogen-bond acceptors (Lipinski definition) is 4. The molecular formula is C9H12N4O2. The quantitative estimate of drug-likeness (QED) is 0.680. The highest BCUT2D eigenvalue weighted by atomic mass is 16.2. The molecule has 0 bridgehead atoms. The lowest BCUT2D eigenvalue weighted by Gasteiger charge is -2.14. The molecule has 1 rings (SSSR count). The van der Waals surface area contributed by atoms with Crippen LogP contribution in [0.2, 0.25) is 0 Å². The number of carbonyl (C=O) groups excluding carboxylic acids is 2. The summed E-state index contributed by atoms with van der Waals surface area (Å²) >= 11 is 0. The average Bonchev–Trinajstić information content (AvgIpc) is 2.17. The molecule has 0 aliphatic rings. The maximum absolute atomic E-state index is 11.6. The van der Waals surface area contributed by atoms with Crippen LogP contribution in [-0.2, 0) is 4.79 Å². The minimum absolute atomic E-state index is 0.134. The van der Waals surface area contributed by atoms with Gasteiger partial charge in [-0.3, -0.25) is 9.59 Å². The summed E-state index contributed by atoms with van der Waals surface area (Å²) in [6.07, 6.45) is 1.38. The number of hydrogen-bond donors (Lipinski definition) is 2. The number of nitrogens with two attached hydrogens (primary N) is 2. The standard InChI is InChI=1S/C9H12N4O2/c1-13(5-8(11)14)9(15)7-3-2-6(10)4-12-7/h2-4H,5,10H2,1H3,(H2,11,14). The molecule has 0 saturated heterocycles. The number of aromatic nitrogens is 1. The number of primary amides is 1. The average molecular weight is 208 g/mol. The molecule has 80 valence electrons. The molecule has 0 fully saturated rings. The lowest BCUT2D eigenvalue weighted by molar-refractivity contribution is -0.118. The van der Waals surface area contributed by atoms with Crippen molar-refractivity contribution in [1.29, 1.82) is 0 Å². The number of rotatable bonds is 3. The van der Waals surface area contributed by atoms with Crippen LogP contribution in [0.5, 0.6) is 0 Å². The van der Waals surface area contributed by atoms with E-state index >= 15 is 0 Å². The summed E-state index contributed by atoms with van der Waals surface area (Å²) in [7, 11) is 1.48. The zero-order valence-corrected chi connectivity index (χ0v) is 8.30. The number of likely N-dealkylation sites (N-methyl/N-ethyl adjacent to an activating group) is 1. The third-order valence-corrected chi connectivity index (χ3v) is 1.75. The number of carbonyl (C=O) groups is 2. The highest BCUT2D eigenvalue weighted by Crippen LogP contribution is 2.03. The summed E-state index contributed by atoms with van der Waals surface area (Å²) in [6.45, 7) is -0.134. The van der Waals surface area contributed by atoms with Crippen LogP contribution in [-0.4, -0.2) is 35.3 Å². The van der Waals surface area contributed by atoms with Crippen molar-refractivity contribution in [3.8, 4) is 0 Å². The first-order valence-corrected chi connectivity index (χ1v) is 4.26. The van der Waals surface area contributed by atoms with Crippen LogP contribution in [0, 0.1) is 0 Å². The molecule has 0 aromatic carbocycles. The van der Waals surface area contributed by atoms with Crippen molar-refractivity contribution in [2.75, 3.05) is 19.3 Å². The lowest BCUT2D eigenvalue weighted by Crippen LogP contribution is -2.35. The highest BCUT2D eigenvalue weighted by molar-refractivity contribution is 5.94. The summed E-state index contributed by atoms with van der Waals surface area (Å²) in [5, 5.41) is 0. The molecule has 4 N–H and O–H groups in total. The van der Waals surface area contributed by atoms with Crippen molar-refractivity contribution >= 4 is 17.5 Å². The molecule has 0 aliphatic carbocycles. The first-order chi connectivity index (χ1) is 7.00. The van der Waals surface area contributed by atoms with Gasteiger partial charge in [0.05, 0.1) is 18.4 Å². The summed E-state index contributed by atoms with van der Waals surface area (Å²) in [6, 6.07) is 3.06. The summed E-state index contributed by atoms with van der Waals surface area (Å²) in [4.78, 5) is 27.2. The van der Waals surface area contributed by atoms with E-state index in [0.717, 1.165) is 0 Å². The maximum atomic E-state index is 11.6. The Hall–Kier alpha value is -2.11. The molecular weight excluding hydrogens is 196 g/mol. The Labute approximate surface area is 86.9 Å². The number of pyridine rings is 1. The molecule has 1 heterocycles. The molecule has 0 aliphatic heterocycles. The van der Waals surface area contributed by atoms with Gasteiger partial charge in [0, 0.05) is 7.05 Å². The fraction of sp³-hybridized carbons (Fsp3) is 0.222. The molecule has 6 nitrogen and oxygen atoms in total. The van der Waals surface area contributed by atoms with Gasteiger partial charge in [0.1, 0.15) is 5.69 Å². The molecule has 1 aromatic rings. The van der Waals surface area contributed by atoms with E-state index < -0.39 is 5.91 Å². The number of amides is 2. The maximum Gasteiger partial charge on any atom is 0.272 e. The second kappa shape index (κ2) is 4.41. The number of nitrogens with zero attached hydrogens (tertiary/aromatic N) is 2. The second-order valence-electron chi connectivity index (χ2n) is 3.10. The molecule has 0 atom stereocenters. The monoisotopic (exact) mass is 208 g/mol. The minimum atomic E-state index is -0.568. The Balaban J connectivity index is 2.76. The number of nitrogen functional groups attached to an aromatic ring is 1. The van der Waals surface area contributed by atoms with Gasteiger partial charge < -0.3 is 16.4 Å². The fourth-order valence-corrected chi connectivity index (χ4v) is 1.03. The minimum Gasteiger partial charge on any atom is -0.397 e. The smallest absolute Gasteiger partial charge is 0.272 e. The van der Waals surface area contributed by atoms with E-state index in [9.17, 15) is 9.59 Å². The normalized spacial score (nSPS) is 9.67. The van der Waals surface area contributed by atoms with Gasteiger partial charge in [0.2, 0.25) is 5.91 Å².